The number of pyridine rings is 1. The Bertz CT molecular complexity index is 770. The van der Waals surface area contributed by atoms with Gasteiger partial charge in [0.15, 0.2) is 4.96 Å². The first-order valence-electron chi connectivity index (χ1n) is 6.05. The molecule has 0 aliphatic carbocycles. The molecule has 5 nitrogen and oxygen atoms in total. The van der Waals surface area contributed by atoms with Crippen molar-refractivity contribution in [2.24, 2.45) is 0 Å². The lowest BCUT2D eigenvalue weighted by atomic mass is 10.3. The van der Waals surface area contributed by atoms with Crippen LogP contribution in [0.15, 0.2) is 42.2 Å². The third kappa shape index (κ3) is 2.60. The molecular weight excluding hydrogens is 272 g/mol. The van der Waals surface area contributed by atoms with E-state index in [1.54, 1.807) is 35.9 Å². The maximum Gasteiger partial charge on any atom is 0.249 e. The van der Waals surface area contributed by atoms with E-state index in [4.69, 9.17) is 0 Å². The number of anilines is 1. The molecule has 1 amide bonds. The summed E-state index contributed by atoms with van der Waals surface area (Å²) in [5.74, 6) is 0.325. The fourth-order valence-corrected chi connectivity index (χ4v) is 2.44. The second-order valence-corrected chi connectivity index (χ2v) is 5.16. The first-order chi connectivity index (χ1) is 9.72. The van der Waals surface area contributed by atoms with Crippen molar-refractivity contribution in [3.63, 3.8) is 0 Å². The molecule has 6 heteroatoms. The van der Waals surface area contributed by atoms with Crippen LogP contribution >= 0.6 is 11.3 Å². The number of nitrogens with zero attached hydrogens (tertiary/aromatic N) is 3. The highest BCUT2D eigenvalue weighted by Gasteiger charge is 2.02. The summed E-state index contributed by atoms with van der Waals surface area (Å²) in [6, 6.07) is 3.68. The van der Waals surface area contributed by atoms with Gasteiger partial charge in [-0.15, -0.1) is 11.3 Å². The van der Waals surface area contributed by atoms with Crippen LogP contribution in [0.3, 0.4) is 0 Å². The summed E-state index contributed by atoms with van der Waals surface area (Å²) < 4.78 is 1.93. The maximum atomic E-state index is 11.8. The number of fused-ring (bicyclic) bond motifs is 1. The van der Waals surface area contributed by atoms with Crippen molar-refractivity contribution >= 4 is 34.1 Å². The van der Waals surface area contributed by atoms with Gasteiger partial charge < -0.3 is 5.32 Å². The normalized spacial score (nSPS) is 11.2. The van der Waals surface area contributed by atoms with E-state index in [-0.39, 0.29) is 5.91 Å². The highest BCUT2D eigenvalue weighted by Crippen LogP contribution is 2.13. The number of aryl methyl sites for hydroxylation is 1. The SMILES string of the molecule is Cc1ccc(NC(=O)/C=C/c2cnc3sccn23)nc1. The van der Waals surface area contributed by atoms with Gasteiger partial charge in [-0.05, 0) is 24.6 Å². The molecule has 0 aliphatic heterocycles. The van der Waals surface area contributed by atoms with Crippen molar-refractivity contribution in [3.8, 4) is 0 Å². The van der Waals surface area contributed by atoms with E-state index < -0.39 is 0 Å². The number of imidazole rings is 1. The summed E-state index contributed by atoms with van der Waals surface area (Å²) in [6.07, 6.45) is 8.58. The molecule has 0 aromatic carbocycles. The molecule has 0 unspecified atom stereocenters. The Labute approximate surface area is 119 Å². The third-order valence-corrected chi connectivity index (χ3v) is 3.51. The number of hydrogen-bond acceptors (Lipinski definition) is 4. The number of rotatable bonds is 3. The van der Waals surface area contributed by atoms with Gasteiger partial charge in [0.1, 0.15) is 5.82 Å². The smallest absolute Gasteiger partial charge is 0.249 e. The van der Waals surface area contributed by atoms with Crippen molar-refractivity contribution in [3.05, 3.63) is 53.4 Å². The Kier molecular flexibility index (Phi) is 3.30. The third-order valence-electron chi connectivity index (χ3n) is 2.74. The van der Waals surface area contributed by atoms with E-state index in [9.17, 15) is 4.79 Å². The Morgan fingerprint density at radius 3 is 3.05 bits per heavy atom. The van der Waals surface area contributed by atoms with Gasteiger partial charge in [-0.2, -0.15) is 0 Å². The molecule has 3 aromatic rings. The Morgan fingerprint density at radius 1 is 1.35 bits per heavy atom. The summed E-state index contributed by atoms with van der Waals surface area (Å²) in [7, 11) is 0. The molecule has 0 fully saturated rings. The summed E-state index contributed by atoms with van der Waals surface area (Å²) in [6.45, 7) is 1.95. The van der Waals surface area contributed by atoms with E-state index in [1.165, 1.54) is 6.08 Å². The van der Waals surface area contributed by atoms with Gasteiger partial charge in [0.2, 0.25) is 5.91 Å². The van der Waals surface area contributed by atoms with Crippen molar-refractivity contribution in [1.82, 2.24) is 14.4 Å². The molecule has 3 rings (SSSR count). The molecule has 0 spiro atoms. The van der Waals surface area contributed by atoms with Gasteiger partial charge in [0, 0.05) is 23.8 Å². The lowest BCUT2D eigenvalue weighted by Gasteiger charge is -2.00. The lowest BCUT2D eigenvalue weighted by Crippen LogP contribution is -2.09. The number of aromatic nitrogens is 3. The number of nitrogens with one attached hydrogen (secondary N) is 1. The Morgan fingerprint density at radius 2 is 2.25 bits per heavy atom. The van der Waals surface area contributed by atoms with Gasteiger partial charge >= 0.3 is 0 Å². The lowest BCUT2D eigenvalue weighted by molar-refractivity contribution is -0.111. The number of amides is 1. The zero-order chi connectivity index (χ0) is 13.9. The number of carbonyl (C=O) groups is 1. The first-order valence-corrected chi connectivity index (χ1v) is 6.92. The summed E-state index contributed by atoms with van der Waals surface area (Å²) >= 11 is 1.55. The quantitative estimate of drug-likeness (QED) is 0.752. The van der Waals surface area contributed by atoms with Crippen LogP contribution in [0.2, 0.25) is 0 Å². The van der Waals surface area contributed by atoms with E-state index in [1.807, 2.05) is 29.0 Å². The van der Waals surface area contributed by atoms with Crippen LogP contribution in [0.4, 0.5) is 5.82 Å². The zero-order valence-corrected chi connectivity index (χ0v) is 11.6. The van der Waals surface area contributed by atoms with E-state index >= 15 is 0 Å². The van der Waals surface area contributed by atoms with Crippen LogP contribution < -0.4 is 5.32 Å². The molecule has 3 aromatic heterocycles. The molecule has 0 saturated heterocycles. The maximum absolute atomic E-state index is 11.8. The molecule has 0 atom stereocenters. The molecule has 0 bridgehead atoms. The summed E-state index contributed by atoms with van der Waals surface area (Å²) in [4.78, 5) is 21.1. The molecule has 0 saturated carbocycles. The van der Waals surface area contributed by atoms with Gasteiger partial charge in [-0.25, -0.2) is 9.97 Å². The molecule has 100 valence electrons. The predicted molar refractivity (Wildman–Crippen MR) is 79.7 cm³/mol. The van der Waals surface area contributed by atoms with Crippen LogP contribution in [0.25, 0.3) is 11.0 Å². The van der Waals surface area contributed by atoms with Crippen LogP contribution in [0.1, 0.15) is 11.3 Å². The fourth-order valence-electron chi connectivity index (χ4n) is 1.74. The Hall–Kier alpha value is -2.47. The monoisotopic (exact) mass is 284 g/mol. The van der Waals surface area contributed by atoms with Gasteiger partial charge in [-0.3, -0.25) is 9.20 Å². The minimum Gasteiger partial charge on any atom is -0.307 e. The van der Waals surface area contributed by atoms with Crippen molar-refractivity contribution in [1.29, 1.82) is 0 Å². The van der Waals surface area contributed by atoms with Crippen LogP contribution in [-0.2, 0) is 4.79 Å². The van der Waals surface area contributed by atoms with Crippen LogP contribution in [-0.4, -0.2) is 20.3 Å². The molecule has 1 N–H and O–H groups in total. The molecule has 0 aliphatic rings. The van der Waals surface area contributed by atoms with Crippen molar-refractivity contribution < 1.29 is 4.79 Å². The van der Waals surface area contributed by atoms with Gasteiger partial charge in [0.05, 0.1) is 11.9 Å². The van der Waals surface area contributed by atoms with Crippen molar-refractivity contribution in [2.75, 3.05) is 5.32 Å². The molecule has 20 heavy (non-hydrogen) atoms. The van der Waals surface area contributed by atoms with E-state index in [0.717, 1.165) is 16.2 Å². The largest absolute Gasteiger partial charge is 0.307 e. The van der Waals surface area contributed by atoms with Crippen molar-refractivity contribution in [2.45, 2.75) is 6.92 Å². The average molecular weight is 284 g/mol. The summed E-state index contributed by atoms with van der Waals surface area (Å²) in [5, 5.41) is 4.66. The fraction of sp³-hybridized carbons (Fsp3) is 0.0714. The van der Waals surface area contributed by atoms with Crippen LogP contribution in [0, 0.1) is 6.92 Å². The topological polar surface area (TPSA) is 59.3 Å². The molecular formula is C14H12N4OS. The first kappa shape index (κ1) is 12.6. The number of carbonyl (C=O) groups excluding carboxylic acids is 1. The zero-order valence-electron chi connectivity index (χ0n) is 10.8. The molecule has 3 heterocycles. The second-order valence-electron chi connectivity index (χ2n) is 4.28. The number of hydrogen-bond donors (Lipinski definition) is 1. The van der Waals surface area contributed by atoms with Gasteiger partial charge in [-0.1, -0.05) is 6.07 Å². The predicted octanol–water partition coefficient (Wildman–Crippen LogP) is 2.75. The van der Waals surface area contributed by atoms with Gasteiger partial charge in [0.25, 0.3) is 0 Å². The minimum atomic E-state index is -0.216. The minimum absolute atomic E-state index is 0.216. The average Bonchev–Trinajstić information content (AvgIpc) is 3.02. The number of thiazole rings is 1. The van der Waals surface area contributed by atoms with Crippen LogP contribution in [0.5, 0.6) is 0 Å². The highest BCUT2D eigenvalue weighted by atomic mass is 32.1. The van der Waals surface area contributed by atoms with E-state index in [2.05, 4.69) is 15.3 Å². The Balaban J connectivity index is 1.71. The van der Waals surface area contributed by atoms with E-state index in [0.29, 0.717) is 5.82 Å². The molecule has 0 radical (unpaired) electrons. The highest BCUT2D eigenvalue weighted by molar-refractivity contribution is 7.15. The second kappa shape index (κ2) is 5.26. The summed E-state index contributed by atoms with van der Waals surface area (Å²) in [5.41, 5.74) is 1.92. The standard InChI is InChI=1S/C14H12N4OS/c1-10-2-4-12(15-8-10)17-13(19)5-3-11-9-16-14-18(11)6-7-20-14/h2-9H,1H3,(H,15,17,19)/b5-3+.